The Bertz CT molecular complexity index is 600. The van der Waals surface area contributed by atoms with E-state index in [1.165, 1.54) is 0 Å². The van der Waals surface area contributed by atoms with E-state index in [1.807, 2.05) is 33.2 Å². The molecule has 2 rings (SSSR count). The quantitative estimate of drug-likeness (QED) is 0.771. The van der Waals surface area contributed by atoms with Crippen LogP contribution in [0.4, 0.5) is 0 Å². The predicted molar refractivity (Wildman–Crippen MR) is 72.4 cm³/mol. The number of hydrogen-bond donors (Lipinski definition) is 0. The fourth-order valence-corrected chi connectivity index (χ4v) is 2.05. The molecule has 2 heterocycles. The lowest BCUT2D eigenvalue weighted by Gasteiger charge is -2.09. The van der Waals surface area contributed by atoms with Crippen molar-refractivity contribution in [2.45, 2.75) is 33.2 Å². The Morgan fingerprint density at radius 1 is 1.45 bits per heavy atom. The van der Waals surface area contributed by atoms with Gasteiger partial charge in [0.15, 0.2) is 5.69 Å². The highest BCUT2D eigenvalue weighted by molar-refractivity contribution is 5.88. The van der Waals surface area contributed by atoms with E-state index in [9.17, 15) is 4.79 Å². The van der Waals surface area contributed by atoms with E-state index in [0.29, 0.717) is 13.2 Å². The van der Waals surface area contributed by atoms with Gasteiger partial charge >= 0.3 is 5.97 Å². The molecule has 0 saturated carbocycles. The largest absolute Gasteiger partial charge is 0.461 e. The Kier molecular flexibility index (Phi) is 4.16. The number of nitrogens with zero attached hydrogens (tertiary/aromatic N) is 5. The minimum absolute atomic E-state index is 0.119. The zero-order valence-corrected chi connectivity index (χ0v) is 12.2. The van der Waals surface area contributed by atoms with Crippen molar-refractivity contribution in [3.8, 4) is 0 Å². The summed E-state index contributed by atoms with van der Waals surface area (Å²) in [6.45, 7) is 6.57. The maximum absolute atomic E-state index is 11.9. The van der Waals surface area contributed by atoms with Crippen LogP contribution in [0.5, 0.6) is 0 Å². The molecule has 0 aliphatic carbocycles. The highest BCUT2D eigenvalue weighted by atomic mass is 16.5. The van der Waals surface area contributed by atoms with Crippen molar-refractivity contribution >= 4 is 5.97 Å². The average molecular weight is 277 g/mol. The molecule has 0 spiro atoms. The first-order chi connectivity index (χ1) is 9.52. The summed E-state index contributed by atoms with van der Waals surface area (Å²) in [5.41, 5.74) is 1.93. The summed E-state index contributed by atoms with van der Waals surface area (Å²) in [6, 6.07) is 1.91. The number of aryl methyl sites for hydroxylation is 1. The van der Waals surface area contributed by atoms with Crippen molar-refractivity contribution in [3.63, 3.8) is 0 Å². The van der Waals surface area contributed by atoms with Gasteiger partial charge in [-0.25, -0.2) is 9.48 Å². The highest BCUT2D eigenvalue weighted by Crippen LogP contribution is 2.19. The Balaban J connectivity index is 2.31. The summed E-state index contributed by atoms with van der Waals surface area (Å²) in [7, 11) is 1.86. The second kappa shape index (κ2) is 5.85. The highest BCUT2D eigenvalue weighted by Gasteiger charge is 2.23. The molecule has 0 saturated heterocycles. The van der Waals surface area contributed by atoms with Gasteiger partial charge in [-0.05, 0) is 18.9 Å². The summed E-state index contributed by atoms with van der Waals surface area (Å²) >= 11 is 0. The van der Waals surface area contributed by atoms with Crippen molar-refractivity contribution in [2.75, 3.05) is 6.61 Å². The molecule has 0 radical (unpaired) electrons. The average Bonchev–Trinajstić information content (AvgIpc) is 2.96. The van der Waals surface area contributed by atoms with E-state index in [-0.39, 0.29) is 11.6 Å². The molecular weight excluding hydrogens is 258 g/mol. The monoisotopic (exact) mass is 277 g/mol. The van der Waals surface area contributed by atoms with E-state index in [1.54, 1.807) is 16.3 Å². The number of aromatic nitrogens is 5. The first kappa shape index (κ1) is 14.2. The molecule has 0 amide bonds. The van der Waals surface area contributed by atoms with Gasteiger partial charge in [0.25, 0.3) is 0 Å². The molecular formula is C13H19N5O2. The van der Waals surface area contributed by atoms with Crippen LogP contribution in [0.1, 0.15) is 48.6 Å². The van der Waals surface area contributed by atoms with Crippen molar-refractivity contribution in [1.82, 2.24) is 24.8 Å². The first-order valence-corrected chi connectivity index (χ1v) is 6.62. The third-order valence-electron chi connectivity index (χ3n) is 2.87. The van der Waals surface area contributed by atoms with Crippen molar-refractivity contribution < 1.29 is 9.53 Å². The smallest absolute Gasteiger partial charge is 0.360 e. The Hall–Kier alpha value is -2.18. The first-order valence-electron chi connectivity index (χ1n) is 6.62. The van der Waals surface area contributed by atoms with Crippen LogP contribution in [-0.2, 0) is 18.3 Å². The summed E-state index contributed by atoms with van der Waals surface area (Å²) < 4.78 is 8.45. The molecule has 0 aromatic carbocycles. The summed E-state index contributed by atoms with van der Waals surface area (Å²) in [4.78, 5) is 11.9. The van der Waals surface area contributed by atoms with Crippen molar-refractivity contribution in [2.24, 2.45) is 7.05 Å². The number of ether oxygens (including phenoxy) is 1. The topological polar surface area (TPSA) is 74.8 Å². The lowest BCUT2D eigenvalue weighted by molar-refractivity contribution is 0.0517. The van der Waals surface area contributed by atoms with E-state index >= 15 is 0 Å². The number of carbonyl (C=O) groups excluding carboxylic acids is 1. The fraction of sp³-hybridized carbons (Fsp3) is 0.538. The number of esters is 1. The van der Waals surface area contributed by atoms with Crippen molar-refractivity contribution in [1.29, 1.82) is 0 Å². The van der Waals surface area contributed by atoms with Gasteiger partial charge in [-0.15, -0.1) is 5.10 Å². The van der Waals surface area contributed by atoms with Gasteiger partial charge in [-0.3, -0.25) is 4.68 Å². The van der Waals surface area contributed by atoms with Gasteiger partial charge in [0, 0.05) is 13.2 Å². The lowest BCUT2D eigenvalue weighted by Crippen LogP contribution is -2.13. The molecule has 0 unspecified atom stereocenters. The summed E-state index contributed by atoms with van der Waals surface area (Å²) in [5, 5.41) is 12.3. The molecule has 108 valence electrons. The Labute approximate surface area is 117 Å². The van der Waals surface area contributed by atoms with Crippen LogP contribution in [0.3, 0.4) is 0 Å². The van der Waals surface area contributed by atoms with Crippen LogP contribution in [0.15, 0.2) is 12.3 Å². The molecule has 7 nitrogen and oxygen atoms in total. The van der Waals surface area contributed by atoms with Gasteiger partial charge in [-0.1, -0.05) is 19.1 Å². The minimum atomic E-state index is -0.427. The van der Waals surface area contributed by atoms with E-state index in [2.05, 4.69) is 15.4 Å². The molecule has 0 aliphatic heterocycles. The van der Waals surface area contributed by atoms with Gasteiger partial charge in [0.05, 0.1) is 24.5 Å². The second-order valence-electron chi connectivity index (χ2n) is 4.84. The molecule has 7 heteroatoms. The molecule has 0 atom stereocenters. The van der Waals surface area contributed by atoms with Crippen molar-refractivity contribution in [3.05, 3.63) is 29.3 Å². The van der Waals surface area contributed by atoms with Crippen LogP contribution in [0.2, 0.25) is 0 Å². The Morgan fingerprint density at radius 3 is 2.75 bits per heavy atom. The Morgan fingerprint density at radius 2 is 2.20 bits per heavy atom. The van der Waals surface area contributed by atoms with Crippen LogP contribution in [-0.4, -0.2) is 37.4 Å². The van der Waals surface area contributed by atoms with E-state index in [4.69, 9.17) is 4.74 Å². The van der Waals surface area contributed by atoms with Crippen LogP contribution in [0.25, 0.3) is 0 Å². The number of hydrogen-bond acceptors (Lipinski definition) is 5. The third kappa shape index (κ3) is 2.87. The number of rotatable bonds is 5. The predicted octanol–water partition coefficient (Wildman–Crippen LogP) is 1.36. The van der Waals surface area contributed by atoms with Gasteiger partial charge in [0.2, 0.25) is 0 Å². The third-order valence-corrected chi connectivity index (χ3v) is 2.87. The summed E-state index contributed by atoms with van der Waals surface area (Å²) in [6.07, 6.45) is 1.87. The second-order valence-corrected chi connectivity index (χ2v) is 4.84. The van der Waals surface area contributed by atoms with Crippen LogP contribution in [0, 0.1) is 0 Å². The number of carbonyl (C=O) groups is 1. The van der Waals surface area contributed by atoms with Gasteiger partial charge < -0.3 is 4.74 Å². The molecule has 2 aromatic heterocycles. The lowest BCUT2D eigenvalue weighted by atomic mass is 10.1. The molecule has 0 N–H and O–H groups in total. The zero-order chi connectivity index (χ0) is 14.7. The summed E-state index contributed by atoms with van der Waals surface area (Å²) in [5.74, 6) is -0.309. The van der Waals surface area contributed by atoms with E-state index < -0.39 is 5.97 Å². The molecule has 20 heavy (non-hydrogen) atoms. The van der Waals surface area contributed by atoms with Gasteiger partial charge in [0.1, 0.15) is 0 Å². The zero-order valence-electron chi connectivity index (χ0n) is 12.2. The molecule has 0 aliphatic rings. The maximum Gasteiger partial charge on any atom is 0.360 e. The van der Waals surface area contributed by atoms with Crippen LogP contribution < -0.4 is 0 Å². The standard InChI is InChI=1S/C13H19N5O2/c1-5-20-13(19)11-12(9(2)3)18(16-14-11)8-10-6-7-17(4)15-10/h6-7,9H,5,8H2,1-4H3. The van der Waals surface area contributed by atoms with E-state index in [0.717, 1.165) is 11.4 Å². The van der Waals surface area contributed by atoms with Gasteiger partial charge in [-0.2, -0.15) is 5.10 Å². The molecule has 2 aromatic rings. The SMILES string of the molecule is CCOC(=O)c1nnn(Cc2ccn(C)n2)c1C(C)C. The minimum Gasteiger partial charge on any atom is -0.461 e. The maximum atomic E-state index is 11.9. The van der Waals surface area contributed by atoms with Crippen LogP contribution >= 0.6 is 0 Å². The fourth-order valence-electron chi connectivity index (χ4n) is 2.05. The molecule has 0 bridgehead atoms. The normalized spacial score (nSPS) is 11.1. The molecule has 0 fully saturated rings.